The molecule has 0 unspecified atom stereocenters. The molecular formula is C28H36N2O3. The minimum Gasteiger partial charge on any atom is -0.493 e. The van der Waals surface area contributed by atoms with Gasteiger partial charge in [0, 0.05) is 17.7 Å². The number of unbranched alkanes of at least 4 members (excludes halogenated alkanes) is 1. The summed E-state index contributed by atoms with van der Waals surface area (Å²) in [5.74, 6) is 1.61. The lowest BCUT2D eigenvalue weighted by atomic mass is 9.73. The van der Waals surface area contributed by atoms with Crippen LogP contribution >= 0.6 is 0 Å². The molecule has 5 nitrogen and oxygen atoms in total. The van der Waals surface area contributed by atoms with E-state index in [4.69, 9.17) is 9.47 Å². The predicted molar refractivity (Wildman–Crippen MR) is 134 cm³/mol. The van der Waals surface area contributed by atoms with Crippen LogP contribution in [0.3, 0.4) is 0 Å². The molecule has 0 saturated carbocycles. The largest absolute Gasteiger partial charge is 0.493 e. The number of allylic oxidation sites excluding steroid dienone is 1. The van der Waals surface area contributed by atoms with E-state index in [2.05, 4.69) is 57.4 Å². The van der Waals surface area contributed by atoms with E-state index in [1.807, 2.05) is 18.2 Å². The number of fused-ring (bicyclic) bond motifs is 1. The van der Waals surface area contributed by atoms with Crippen molar-refractivity contribution in [3.8, 4) is 11.5 Å². The number of hydrogen-bond donors (Lipinski definition) is 2. The molecule has 33 heavy (non-hydrogen) atoms. The number of nitrogens with one attached hydrogen (secondary N) is 2. The minimum absolute atomic E-state index is 0.0770. The maximum Gasteiger partial charge on any atom is 0.163 e. The molecular weight excluding hydrogens is 412 g/mol. The zero-order chi connectivity index (χ0) is 23.8. The molecule has 0 amide bonds. The summed E-state index contributed by atoms with van der Waals surface area (Å²) in [4.78, 5) is 13.5. The number of methoxy groups -OCH3 is 1. The Balaban J connectivity index is 1.81. The van der Waals surface area contributed by atoms with Gasteiger partial charge in [0.05, 0.1) is 31.1 Å². The van der Waals surface area contributed by atoms with Gasteiger partial charge >= 0.3 is 0 Å². The minimum atomic E-state index is -0.266. The van der Waals surface area contributed by atoms with E-state index in [0.29, 0.717) is 18.8 Å². The Morgan fingerprint density at radius 2 is 1.76 bits per heavy atom. The molecule has 0 bridgehead atoms. The number of rotatable bonds is 6. The molecule has 1 heterocycles. The molecule has 1 aliphatic carbocycles. The van der Waals surface area contributed by atoms with Crippen molar-refractivity contribution < 1.29 is 14.3 Å². The molecule has 2 aliphatic rings. The van der Waals surface area contributed by atoms with Gasteiger partial charge < -0.3 is 20.1 Å². The highest BCUT2D eigenvalue weighted by Crippen LogP contribution is 2.46. The molecule has 4 rings (SSSR count). The monoisotopic (exact) mass is 448 g/mol. The highest BCUT2D eigenvalue weighted by Gasteiger charge is 2.39. The van der Waals surface area contributed by atoms with Gasteiger partial charge in [-0.15, -0.1) is 0 Å². The van der Waals surface area contributed by atoms with Gasteiger partial charge in [0.1, 0.15) is 0 Å². The summed E-state index contributed by atoms with van der Waals surface area (Å²) in [6, 6.07) is 10.1. The molecule has 2 N–H and O–H groups in total. The molecule has 1 atom stereocenters. The fourth-order valence-corrected chi connectivity index (χ4v) is 4.77. The first-order chi connectivity index (χ1) is 15.7. The van der Waals surface area contributed by atoms with Crippen LogP contribution in [0.4, 0.5) is 11.4 Å². The van der Waals surface area contributed by atoms with Crippen LogP contribution < -0.4 is 20.1 Å². The summed E-state index contributed by atoms with van der Waals surface area (Å²) < 4.78 is 11.6. The third kappa shape index (κ3) is 4.73. The molecule has 176 valence electrons. The van der Waals surface area contributed by atoms with Crippen LogP contribution in [0.5, 0.6) is 11.5 Å². The van der Waals surface area contributed by atoms with Gasteiger partial charge in [0.15, 0.2) is 17.3 Å². The van der Waals surface area contributed by atoms with E-state index in [1.54, 1.807) is 7.11 Å². The Kier molecular flexibility index (Phi) is 6.42. The highest BCUT2D eigenvalue weighted by atomic mass is 16.5. The summed E-state index contributed by atoms with van der Waals surface area (Å²) in [5.41, 5.74) is 7.21. The second kappa shape index (κ2) is 9.12. The van der Waals surface area contributed by atoms with Gasteiger partial charge in [-0.2, -0.15) is 0 Å². The van der Waals surface area contributed by atoms with Crippen molar-refractivity contribution in [3.63, 3.8) is 0 Å². The molecule has 5 heteroatoms. The van der Waals surface area contributed by atoms with E-state index in [0.717, 1.165) is 53.2 Å². The van der Waals surface area contributed by atoms with E-state index in [1.165, 1.54) is 11.1 Å². The molecule has 2 aromatic rings. The third-order valence-electron chi connectivity index (χ3n) is 6.70. The summed E-state index contributed by atoms with van der Waals surface area (Å²) in [5, 5.41) is 7.32. The fourth-order valence-electron chi connectivity index (χ4n) is 4.77. The zero-order valence-corrected chi connectivity index (χ0v) is 20.7. The Hall–Kier alpha value is -2.95. The second-order valence-corrected chi connectivity index (χ2v) is 10.1. The number of carbonyl (C=O) groups is 1. The third-order valence-corrected chi connectivity index (χ3v) is 6.70. The number of aryl methyl sites for hydroxylation is 2. The highest BCUT2D eigenvalue weighted by molar-refractivity contribution is 6.01. The van der Waals surface area contributed by atoms with E-state index in [-0.39, 0.29) is 17.2 Å². The van der Waals surface area contributed by atoms with E-state index < -0.39 is 0 Å². The molecule has 0 saturated heterocycles. The van der Waals surface area contributed by atoms with Crippen molar-refractivity contribution in [2.24, 2.45) is 5.41 Å². The first-order valence-corrected chi connectivity index (χ1v) is 11.9. The standard InChI is InChI=1S/C28H36N2O3/c1-7-8-11-33-24-10-9-19(14-25(24)32-6)27-26-22(15-28(4,5)16-23(26)31)29-20-12-17(2)18(3)13-21(20)30-27/h9-10,12-14,27,29-30H,7-8,11,15-16H2,1-6H3/t27-/m0/s1. The van der Waals surface area contributed by atoms with E-state index >= 15 is 0 Å². The lowest BCUT2D eigenvalue weighted by Crippen LogP contribution is -2.31. The smallest absolute Gasteiger partial charge is 0.163 e. The van der Waals surface area contributed by atoms with Crippen LogP contribution in [0.2, 0.25) is 0 Å². The van der Waals surface area contributed by atoms with Crippen LogP contribution in [-0.2, 0) is 4.79 Å². The summed E-state index contributed by atoms with van der Waals surface area (Å²) >= 11 is 0. The maximum absolute atomic E-state index is 13.5. The molecule has 0 aromatic heterocycles. The van der Waals surface area contributed by atoms with Crippen LogP contribution in [0.1, 0.15) is 69.2 Å². The molecule has 0 radical (unpaired) electrons. The van der Waals surface area contributed by atoms with Crippen molar-refractivity contribution in [1.29, 1.82) is 0 Å². The quantitative estimate of drug-likeness (QED) is 0.481. The van der Waals surface area contributed by atoms with Crippen LogP contribution in [0, 0.1) is 19.3 Å². The number of benzene rings is 2. The van der Waals surface area contributed by atoms with Gasteiger partial charge in [-0.25, -0.2) is 0 Å². The normalized spacial score (nSPS) is 19.1. The second-order valence-electron chi connectivity index (χ2n) is 10.1. The Bertz CT molecular complexity index is 1100. The lowest BCUT2D eigenvalue weighted by Gasteiger charge is -2.34. The maximum atomic E-state index is 13.5. The number of anilines is 2. The average molecular weight is 449 g/mol. The summed E-state index contributed by atoms with van der Waals surface area (Å²) in [6.07, 6.45) is 3.44. The summed E-state index contributed by atoms with van der Waals surface area (Å²) in [7, 11) is 1.66. The Labute approximate surface area is 197 Å². The lowest BCUT2D eigenvalue weighted by molar-refractivity contribution is -0.118. The van der Waals surface area contributed by atoms with Crippen LogP contribution in [0.25, 0.3) is 0 Å². The zero-order valence-electron chi connectivity index (χ0n) is 20.7. The van der Waals surface area contributed by atoms with Gasteiger partial charge in [-0.05, 0) is 73.1 Å². The first-order valence-electron chi connectivity index (χ1n) is 11.9. The fraction of sp³-hybridized carbons (Fsp3) is 0.464. The van der Waals surface area contributed by atoms with Gasteiger partial charge in [0.25, 0.3) is 0 Å². The number of ether oxygens (including phenoxy) is 2. The average Bonchev–Trinajstić information content (AvgIpc) is 2.90. The predicted octanol–water partition coefficient (Wildman–Crippen LogP) is 6.71. The van der Waals surface area contributed by atoms with Crippen molar-refractivity contribution in [1.82, 2.24) is 0 Å². The molecule has 1 aliphatic heterocycles. The van der Waals surface area contributed by atoms with E-state index in [9.17, 15) is 4.79 Å². The van der Waals surface area contributed by atoms with Crippen molar-refractivity contribution >= 4 is 17.2 Å². The van der Waals surface area contributed by atoms with Crippen molar-refractivity contribution in [2.75, 3.05) is 24.4 Å². The number of hydrogen-bond acceptors (Lipinski definition) is 5. The number of Topliss-reactive ketones (excluding diaryl/α,β-unsaturated/α-hetero) is 1. The van der Waals surface area contributed by atoms with Gasteiger partial charge in [-0.3, -0.25) is 4.79 Å². The summed E-state index contributed by atoms with van der Waals surface area (Å²) in [6.45, 7) is 11.4. The molecule has 0 fully saturated rings. The number of carbonyl (C=O) groups excluding carboxylic acids is 1. The topological polar surface area (TPSA) is 59.6 Å². The van der Waals surface area contributed by atoms with Crippen LogP contribution in [-0.4, -0.2) is 19.5 Å². The molecule has 0 spiro atoms. The van der Waals surface area contributed by atoms with Crippen molar-refractivity contribution in [3.05, 3.63) is 58.3 Å². The molecule has 2 aromatic carbocycles. The van der Waals surface area contributed by atoms with Crippen LogP contribution in [0.15, 0.2) is 41.6 Å². The first kappa shape index (κ1) is 23.2. The Morgan fingerprint density at radius 3 is 2.45 bits per heavy atom. The SMILES string of the molecule is CCCCOc1ccc([C@@H]2Nc3cc(C)c(C)cc3NC3=C2C(=O)CC(C)(C)C3)cc1OC. The van der Waals surface area contributed by atoms with Crippen molar-refractivity contribution in [2.45, 2.75) is 66.3 Å². The number of ketones is 1. The van der Waals surface area contributed by atoms with Gasteiger partial charge in [-0.1, -0.05) is 33.3 Å². The Morgan fingerprint density at radius 1 is 1.03 bits per heavy atom. The van der Waals surface area contributed by atoms with Gasteiger partial charge in [0.2, 0.25) is 0 Å².